The maximum Gasteiger partial charge on any atom is 0.224 e. The van der Waals surface area contributed by atoms with Gasteiger partial charge in [-0.2, -0.15) is 0 Å². The number of rotatable bonds is 7. The minimum Gasteiger partial charge on any atom is -0.468 e. The Balaban J connectivity index is 1.50. The van der Waals surface area contributed by atoms with Crippen LogP contribution < -0.4 is 5.32 Å². The fourth-order valence-electron chi connectivity index (χ4n) is 3.19. The number of likely N-dealkylation sites (tertiary alicyclic amines) is 1. The SMILES string of the molecule is CCCn1cnnc1CNC(=O)[C@@H]1CCCN(Cc2ccco2)C1. The molecule has 1 amide bonds. The molecule has 0 spiro atoms. The summed E-state index contributed by atoms with van der Waals surface area (Å²) in [7, 11) is 0. The average molecular weight is 331 g/mol. The fraction of sp³-hybridized carbons (Fsp3) is 0.588. The van der Waals surface area contributed by atoms with Gasteiger partial charge >= 0.3 is 0 Å². The molecule has 1 N–H and O–H groups in total. The number of furan rings is 1. The van der Waals surface area contributed by atoms with E-state index in [2.05, 4.69) is 27.3 Å². The highest BCUT2D eigenvalue weighted by molar-refractivity contribution is 5.78. The average Bonchev–Trinajstić information content (AvgIpc) is 3.25. The van der Waals surface area contributed by atoms with Crippen molar-refractivity contribution in [1.29, 1.82) is 0 Å². The number of carbonyl (C=O) groups is 1. The van der Waals surface area contributed by atoms with E-state index in [0.717, 1.165) is 57.0 Å². The van der Waals surface area contributed by atoms with Gasteiger partial charge in [0.15, 0.2) is 5.82 Å². The van der Waals surface area contributed by atoms with Crippen LogP contribution in [0, 0.1) is 5.92 Å². The van der Waals surface area contributed by atoms with Crippen LogP contribution in [0.3, 0.4) is 0 Å². The Morgan fingerprint density at radius 3 is 3.21 bits per heavy atom. The summed E-state index contributed by atoms with van der Waals surface area (Å²) < 4.78 is 7.39. The van der Waals surface area contributed by atoms with E-state index >= 15 is 0 Å². The molecule has 130 valence electrons. The number of piperidine rings is 1. The summed E-state index contributed by atoms with van der Waals surface area (Å²) >= 11 is 0. The molecule has 24 heavy (non-hydrogen) atoms. The van der Waals surface area contributed by atoms with E-state index in [-0.39, 0.29) is 11.8 Å². The second-order valence-electron chi connectivity index (χ2n) is 6.31. The van der Waals surface area contributed by atoms with Crippen molar-refractivity contribution in [3.63, 3.8) is 0 Å². The van der Waals surface area contributed by atoms with Crippen molar-refractivity contribution in [2.24, 2.45) is 5.92 Å². The zero-order valence-electron chi connectivity index (χ0n) is 14.1. The van der Waals surface area contributed by atoms with Crippen LogP contribution in [0.4, 0.5) is 0 Å². The van der Waals surface area contributed by atoms with E-state index in [9.17, 15) is 4.79 Å². The lowest BCUT2D eigenvalue weighted by atomic mass is 9.97. The quantitative estimate of drug-likeness (QED) is 0.837. The van der Waals surface area contributed by atoms with Gasteiger partial charge in [0, 0.05) is 13.1 Å². The van der Waals surface area contributed by atoms with Crippen LogP contribution in [-0.4, -0.2) is 38.7 Å². The minimum absolute atomic E-state index is 0.0243. The molecular weight excluding hydrogens is 306 g/mol. The van der Waals surface area contributed by atoms with Gasteiger partial charge in [0.2, 0.25) is 5.91 Å². The normalized spacial score (nSPS) is 18.6. The van der Waals surface area contributed by atoms with E-state index in [1.165, 1.54) is 0 Å². The summed E-state index contributed by atoms with van der Waals surface area (Å²) in [6, 6.07) is 3.88. The Morgan fingerprint density at radius 1 is 1.50 bits per heavy atom. The lowest BCUT2D eigenvalue weighted by molar-refractivity contribution is -0.127. The Kier molecular flexibility index (Phi) is 5.63. The topological polar surface area (TPSA) is 76.2 Å². The maximum atomic E-state index is 12.5. The number of nitrogens with zero attached hydrogens (tertiary/aromatic N) is 4. The second kappa shape index (κ2) is 8.10. The largest absolute Gasteiger partial charge is 0.468 e. The summed E-state index contributed by atoms with van der Waals surface area (Å²) in [6.07, 6.45) is 6.39. The molecule has 1 aliphatic rings. The number of aryl methyl sites for hydroxylation is 1. The molecule has 3 rings (SSSR count). The first-order chi connectivity index (χ1) is 11.8. The van der Waals surface area contributed by atoms with Gasteiger partial charge in [0.25, 0.3) is 0 Å². The molecule has 0 radical (unpaired) electrons. The zero-order chi connectivity index (χ0) is 16.8. The van der Waals surface area contributed by atoms with Gasteiger partial charge in [-0.05, 0) is 37.9 Å². The number of nitrogens with one attached hydrogen (secondary N) is 1. The third-order valence-corrected chi connectivity index (χ3v) is 4.42. The predicted molar refractivity (Wildman–Crippen MR) is 88.9 cm³/mol. The Hall–Kier alpha value is -2.15. The van der Waals surface area contributed by atoms with Crippen molar-refractivity contribution in [2.75, 3.05) is 13.1 Å². The first-order valence-electron chi connectivity index (χ1n) is 8.65. The van der Waals surface area contributed by atoms with Crippen molar-refractivity contribution in [1.82, 2.24) is 25.0 Å². The van der Waals surface area contributed by atoms with Crippen LogP contribution in [0.15, 0.2) is 29.1 Å². The van der Waals surface area contributed by atoms with Gasteiger partial charge in [-0.3, -0.25) is 9.69 Å². The van der Waals surface area contributed by atoms with Crippen LogP contribution in [0.25, 0.3) is 0 Å². The Morgan fingerprint density at radius 2 is 2.42 bits per heavy atom. The molecule has 1 saturated heterocycles. The smallest absolute Gasteiger partial charge is 0.224 e. The number of hydrogen-bond acceptors (Lipinski definition) is 5. The summed E-state index contributed by atoms with van der Waals surface area (Å²) in [4.78, 5) is 14.8. The molecule has 0 unspecified atom stereocenters. The van der Waals surface area contributed by atoms with Gasteiger partial charge in [0.05, 0.1) is 25.3 Å². The minimum atomic E-state index is 0.0243. The van der Waals surface area contributed by atoms with E-state index in [4.69, 9.17) is 4.42 Å². The molecule has 0 bridgehead atoms. The van der Waals surface area contributed by atoms with Gasteiger partial charge < -0.3 is 14.3 Å². The van der Waals surface area contributed by atoms with Crippen molar-refractivity contribution in [3.05, 3.63) is 36.3 Å². The van der Waals surface area contributed by atoms with E-state index in [1.807, 2.05) is 16.7 Å². The van der Waals surface area contributed by atoms with Gasteiger partial charge in [-0.15, -0.1) is 10.2 Å². The van der Waals surface area contributed by atoms with Gasteiger partial charge in [-0.1, -0.05) is 6.92 Å². The molecule has 3 heterocycles. The highest BCUT2D eigenvalue weighted by Crippen LogP contribution is 2.19. The Bertz CT molecular complexity index is 637. The molecule has 1 fully saturated rings. The van der Waals surface area contributed by atoms with E-state index < -0.39 is 0 Å². The molecule has 1 aliphatic heterocycles. The monoisotopic (exact) mass is 331 g/mol. The predicted octanol–water partition coefficient (Wildman–Crippen LogP) is 1.81. The molecule has 1 atom stereocenters. The summed E-state index contributed by atoms with van der Waals surface area (Å²) in [5, 5.41) is 11.0. The first-order valence-corrected chi connectivity index (χ1v) is 8.65. The summed E-state index contributed by atoms with van der Waals surface area (Å²) in [5.74, 6) is 1.89. The lowest BCUT2D eigenvalue weighted by Gasteiger charge is -2.31. The molecule has 2 aromatic heterocycles. The summed E-state index contributed by atoms with van der Waals surface area (Å²) in [6.45, 7) is 5.97. The maximum absolute atomic E-state index is 12.5. The number of amides is 1. The molecule has 2 aromatic rings. The summed E-state index contributed by atoms with van der Waals surface area (Å²) in [5.41, 5.74) is 0. The lowest BCUT2D eigenvalue weighted by Crippen LogP contribution is -2.42. The molecule has 0 saturated carbocycles. The van der Waals surface area contributed by atoms with Crippen molar-refractivity contribution in [2.45, 2.75) is 45.8 Å². The third kappa shape index (κ3) is 4.23. The first kappa shape index (κ1) is 16.7. The molecule has 7 heteroatoms. The Labute approximate surface area is 142 Å². The number of carbonyl (C=O) groups excluding carboxylic acids is 1. The van der Waals surface area contributed by atoms with Crippen molar-refractivity contribution >= 4 is 5.91 Å². The van der Waals surface area contributed by atoms with Crippen molar-refractivity contribution in [3.8, 4) is 0 Å². The molecule has 0 aliphatic carbocycles. The van der Waals surface area contributed by atoms with Crippen LogP contribution in [0.1, 0.15) is 37.8 Å². The van der Waals surface area contributed by atoms with E-state index in [0.29, 0.717) is 6.54 Å². The molecule has 7 nitrogen and oxygen atoms in total. The number of hydrogen-bond donors (Lipinski definition) is 1. The van der Waals surface area contributed by atoms with Crippen LogP contribution in [-0.2, 0) is 24.4 Å². The van der Waals surface area contributed by atoms with Crippen molar-refractivity contribution < 1.29 is 9.21 Å². The highest BCUT2D eigenvalue weighted by atomic mass is 16.3. The number of aromatic nitrogens is 3. The second-order valence-corrected chi connectivity index (χ2v) is 6.31. The van der Waals surface area contributed by atoms with Gasteiger partial charge in [-0.25, -0.2) is 0 Å². The molecule has 0 aromatic carbocycles. The van der Waals surface area contributed by atoms with E-state index in [1.54, 1.807) is 12.6 Å². The molecular formula is C17H25N5O2. The third-order valence-electron chi connectivity index (χ3n) is 4.42. The zero-order valence-corrected chi connectivity index (χ0v) is 14.1. The standard InChI is InChI=1S/C17H25N5O2/c1-2-7-22-13-19-20-16(22)10-18-17(23)14-5-3-8-21(11-14)12-15-6-4-9-24-15/h4,6,9,13-14H,2-3,5,7-8,10-12H2,1H3,(H,18,23)/t14-/m1/s1. The van der Waals surface area contributed by atoms with Crippen LogP contribution >= 0.6 is 0 Å². The van der Waals surface area contributed by atoms with Crippen LogP contribution in [0.2, 0.25) is 0 Å². The fourth-order valence-corrected chi connectivity index (χ4v) is 3.19. The van der Waals surface area contributed by atoms with Crippen LogP contribution in [0.5, 0.6) is 0 Å². The van der Waals surface area contributed by atoms with Gasteiger partial charge in [0.1, 0.15) is 12.1 Å². The highest BCUT2D eigenvalue weighted by Gasteiger charge is 2.26.